The summed E-state index contributed by atoms with van der Waals surface area (Å²) in [6.07, 6.45) is 8.19. The van der Waals surface area contributed by atoms with E-state index in [0.717, 1.165) is 51.5 Å². The third kappa shape index (κ3) is 5.20. The smallest absolute Gasteiger partial charge is 0.317 e. The summed E-state index contributed by atoms with van der Waals surface area (Å²) < 4.78 is 0. The van der Waals surface area contributed by atoms with Crippen LogP contribution in [0.3, 0.4) is 0 Å². The van der Waals surface area contributed by atoms with E-state index in [1.54, 1.807) is 0 Å². The van der Waals surface area contributed by atoms with Gasteiger partial charge in [-0.2, -0.15) is 0 Å². The minimum absolute atomic E-state index is 0.0693. The number of nitrogens with one attached hydrogen (secondary N) is 1. The van der Waals surface area contributed by atoms with Crippen LogP contribution < -0.4 is 5.32 Å². The van der Waals surface area contributed by atoms with Gasteiger partial charge in [-0.3, -0.25) is 0 Å². The molecule has 0 aliphatic carbocycles. The largest absolute Gasteiger partial charge is 0.328 e. The van der Waals surface area contributed by atoms with Crippen molar-refractivity contribution in [1.82, 2.24) is 10.2 Å². The highest BCUT2D eigenvalue weighted by Gasteiger charge is 2.18. The van der Waals surface area contributed by atoms with Crippen LogP contribution in [0.25, 0.3) is 0 Å². The van der Waals surface area contributed by atoms with Gasteiger partial charge in [0, 0.05) is 13.1 Å². The monoisotopic (exact) mass is 240 g/mol. The van der Waals surface area contributed by atoms with Gasteiger partial charge >= 0.3 is 6.03 Å². The summed E-state index contributed by atoms with van der Waals surface area (Å²) in [5, 5.41) is 2.82. The summed E-state index contributed by atoms with van der Waals surface area (Å²) in [4.78, 5) is 24.6. The lowest BCUT2D eigenvalue weighted by atomic mass is 10.1. The van der Waals surface area contributed by atoms with Crippen molar-refractivity contribution in [1.29, 1.82) is 0 Å². The number of rotatable bonds is 5. The number of hydrogen-bond acceptors (Lipinski definition) is 2. The van der Waals surface area contributed by atoms with E-state index in [2.05, 4.69) is 12.2 Å². The van der Waals surface area contributed by atoms with Gasteiger partial charge in [0.2, 0.25) is 0 Å². The Balaban J connectivity index is 2.36. The van der Waals surface area contributed by atoms with Gasteiger partial charge in [0.05, 0.1) is 6.04 Å². The number of carbonyl (C=O) groups excluding carboxylic acids is 2. The SMILES string of the molecule is CCCC[C@@H](C=O)NC(=O)N1CCCCCC1. The first kappa shape index (κ1) is 14.0. The number of hydrogen-bond donors (Lipinski definition) is 1. The predicted molar refractivity (Wildman–Crippen MR) is 67.9 cm³/mol. The fraction of sp³-hybridized carbons (Fsp3) is 0.846. The molecule has 2 amide bonds. The van der Waals surface area contributed by atoms with Crippen LogP contribution in [-0.4, -0.2) is 36.3 Å². The number of urea groups is 1. The van der Waals surface area contributed by atoms with Crippen LogP contribution in [0.1, 0.15) is 51.9 Å². The van der Waals surface area contributed by atoms with Gasteiger partial charge in [-0.1, -0.05) is 32.6 Å². The third-order valence-corrected chi connectivity index (χ3v) is 3.24. The highest BCUT2D eigenvalue weighted by Crippen LogP contribution is 2.10. The number of likely N-dealkylation sites (tertiary alicyclic amines) is 1. The second-order valence-electron chi connectivity index (χ2n) is 4.74. The molecule has 0 unspecified atom stereocenters. The number of nitrogens with zero attached hydrogens (tertiary/aromatic N) is 1. The fourth-order valence-corrected chi connectivity index (χ4v) is 2.12. The Morgan fingerprint density at radius 3 is 2.47 bits per heavy atom. The fourth-order valence-electron chi connectivity index (χ4n) is 2.12. The topological polar surface area (TPSA) is 49.4 Å². The number of aldehydes is 1. The van der Waals surface area contributed by atoms with E-state index in [-0.39, 0.29) is 12.1 Å². The second-order valence-corrected chi connectivity index (χ2v) is 4.74. The van der Waals surface area contributed by atoms with Gasteiger partial charge < -0.3 is 15.0 Å². The molecule has 0 spiro atoms. The molecule has 4 nitrogen and oxygen atoms in total. The van der Waals surface area contributed by atoms with Crippen LogP contribution in [0, 0.1) is 0 Å². The molecule has 1 aliphatic heterocycles. The molecule has 1 rings (SSSR count). The average molecular weight is 240 g/mol. The normalized spacial score (nSPS) is 18.3. The highest BCUT2D eigenvalue weighted by atomic mass is 16.2. The van der Waals surface area contributed by atoms with Crippen LogP contribution >= 0.6 is 0 Å². The zero-order valence-electron chi connectivity index (χ0n) is 10.8. The lowest BCUT2D eigenvalue weighted by molar-refractivity contribution is -0.109. The maximum absolute atomic E-state index is 11.9. The van der Waals surface area contributed by atoms with Crippen LogP contribution in [0.5, 0.6) is 0 Å². The van der Waals surface area contributed by atoms with Crippen molar-refractivity contribution in [3.05, 3.63) is 0 Å². The van der Waals surface area contributed by atoms with E-state index >= 15 is 0 Å². The van der Waals surface area contributed by atoms with Crippen molar-refractivity contribution in [2.24, 2.45) is 0 Å². The molecular formula is C13H24N2O2. The Morgan fingerprint density at radius 1 is 1.29 bits per heavy atom. The summed E-state index contributed by atoms with van der Waals surface area (Å²) in [5.74, 6) is 0. The van der Waals surface area contributed by atoms with E-state index < -0.39 is 0 Å². The highest BCUT2D eigenvalue weighted by molar-refractivity contribution is 5.78. The van der Waals surface area contributed by atoms with Crippen molar-refractivity contribution < 1.29 is 9.59 Å². The van der Waals surface area contributed by atoms with E-state index in [4.69, 9.17) is 0 Å². The van der Waals surface area contributed by atoms with Crippen LogP contribution in [0.4, 0.5) is 4.79 Å². The molecule has 0 aromatic rings. The van der Waals surface area contributed by atoms with Crippen molar-refractivity contribution in [3.63, 3.8) is 0 Å². The Kier molecular flexibility index (Phi) is 6.67. The van der Waals surface area contributed by atoms with Crippen molar-refractivity contribution >= 4 is 12.3 Å². The molecule has 0 radical (unpaired) electrons. The van der Waals surface area contributed by atoms with Gasteiger partial charge in [0.25, 0.3) is 0 Å². The van der Waals surface area contributed by atoms with Crippen molar-refractivity contribution in [2.75, 3.05) is 13.1 Å². The Labute approximate surface area is 104 Å². The Hall–Kier alpha value is -1.06. The van der Waals surface area contributed by atoms with Gasteiger partial charge in [0.1, 0.15) is 6.29 Å². The average Bonchev–Trinajstić information content (AvgIpc) is 2.63. The first-order valence-electron chi connectivity index (χ1n) is 6.78. The molecule has 1 fully saturated rings. The summed E-state index contributed by atoms with van der Waals surface area (Å²) in [6.45, 7) is 3.73. The molecule has 17 heavy (non-hydrogen) atoms. The van der Waals surface area contributed by atoms with E-state index in [1.807, 2.05) is 4.90 Å². The molecule has 0 aromatic carbocycles. The minimum Gasteiger partial charge on any atom is -0.328 e. The van der Waals surface area contributed by atoms with Crippen molar-refractivity contribution in [3.8, 4) is 0 Å². The van der Waals surface area contributed by atoms with E-state index in [1.165, 1.54) is 12.8 Å². The summed E-state index contributed by atoms with van der Waals surface area (Å²) in [6, 6.07) is -0.384. The van der Waals surface area contributed by atoms with Gasteiger partial charge in [-0.05, 0) is 19.3 Å². The number of amides is 2. The van der Waals surface area contributed by atoms with Gasteiger partial charge in [0.15, 0.2) is 0 Å². The molecule has 4 heteroatoms. The summed E-state index contributed by atoms with van der Waals surface area (Å²) in [5.41, 5.74) is 0. The maximum atomic E-state index is 11.9. The lowest BCUT2D eigenvalue weighted by Gasteiger charge is -2.23. The molecular weight excluding hydrogens is 216 g/mol. The van der Waals surface area contributed by atoms with Gasteiger partial charge in [-0.15, -0.1) is 0 Å². The molecule has 0 saturated carbocycles. The predicted octanol–water partition coefficient (Wildman–Crippen LogP) is 2.33. The van der Waals surface area contributed by atoms with Crippen LogP contribution in [-0.2, 0) is 4.79 Å². The molecule has 1 atom stereocenters. The first-order chi connectivity index (χ1) is 8.27. The molecule has 0 aromatic heterocycles. The number of unbranched alkanes of at least 4 members (excludes halogenated alkanes) is 1. The summed E-state index contributed by atoms with van der Waals surface area (Å²) in [7, 11) is 0. The molecule has 1 heterocycles. The first-order valence-corrected chi connectivity index (χ1v) is 6.78. The molecule has 98 valence electrons. The number of carbonyl (C=O) groups is 2. The quantitative estimate of drug-likeness (QED) is 0.750. The van der Waals surface area contributed by atoms with Crippen LogP contribution in [0.15, 0.2) is 0 Å². The van der Waals surface area contributed by atoms with E-state index in [9.17, 15) is 9.59 Å². The third-order valence-electron chi connectivity index (χ3n) is 3.24. The molecule has 0 bridgehead atoms. The standard InChI is InChI=1S/C13H24N2O2/c1-2-3-8-12(11-16)14-13(17)15-9-6-4-5-7-10-15/h11-12H,2-10H2,1H3,(H,14,17)/t12-/m0/s1. The molecule has 1 saturated heterocycles. The van der Waals surface area contributed by atoms with E-state index in [0.29, 0.717) is 0 Å². The summed E-state index contributed by atoms with van der Waals surface area (Å²) >= 11 is 0. The van der Waals surface area contributed by atoms with Crippen molar-refractivity contribution in [2.45, 2.75) is 57.9 Å². The maximum Gasteiger partial charge on any atom is 0.317 e. The Morgan fingerprint density at radius 2 is 1.94 bits per heavy atom. The Bertz CT molecular complexity index is 236. The van der Waals surface area contributed by atoms with Gasteiger partial charge in [-0.25, -0.2) is 4.79 Å². The molecule has 1 aliphatic rings. The minimum atomic E-state index is -0.314. The molecule has 1 N–H and O–H groups in total. The zero-order valence-corrected chi connectivity index (χ0v) is 10.8. The second kappa shape index (κ2) is 8.09. The lowest BCUT2D eigenvalue weighted by Crippen LogP contribution is -2.45. The van der Waals surface area contributed by atoms with Crippen LogP contribution in [0.2, 0.25) is 0 Å². The zero-order chi connectivity index (χ0) is 12.5.